The van der Waals surface area contributed by atoms with Gasteiger partial charge < -0.3 is 5.11 Å². The fraction of sp³-hybridized carbons (Fsp3) is 0.167. The first-order valence-electron chi connectivity index (χ1n) is 5.10. The zero-order valence-corrected chi connectivity index (χ0v) is 8.90. The zero-order valence-electron chi connectivity index (χ0n) is 8.90. The summed E-state index contributed by atoms with van der Waals surface area (Å²) in [5.41, 5.74) is 2.25. The number of aromatic carboxylic acids is 1. The van der Waals surface area contributed by atoms with E-state index in [-0.39, 0.29) is 5.56 Å². The fourth-order valence-corrected chi connectivity index (χ4v) is 1.67. The van der Waals surface area contributed by atoms with Gasteiger partial charge in [-0.15, -0.1) is 0 Å². The molecule has 1 aromatic carbocycles. The van der Waals surface area contributed by atoms with Crippen LogP contribution in [0.4, 0.5) is 0 Å². The second-order valence-corrected chi connectivity index (χ2v) is 3.45. The molecule has 2 rings (SSSR count). The number of H-pyrrole nitrogens is 1. The third-order valence-corrected chi connectivity index (χ3v) is 2.46. The number of benzene rings is 1. The van der Waals surface area contributed by atoms with Crippen molar-refractivity contribution in [3.63, 3.8) is 0 Å². The van der Waals surface area contributed by atoms with Gasteiger partial charge in [0, 0.05) is 5.56 Å². The second kappa shape index (κ2) is 4.18. The number of aryl methyl sites for hydroxylation is 1. The lowest BCUT2D eigenvalue weighted by molar-refractivity contribution is 0.0696. The average Bonchev–Trinajstić information content (AvgIpc) is 2.73. The largest absolute Gasteiger partial charge is 0.478 e. The van der Waals surface area contributed by atoms with Crippen LogP contribution in [-0.4, -0.2) is 21.3 Å². The van der Waals surface area contributed by atoms with E-state index >= 15 is 0 Å². The van der Waals surface area contributed by atoms with Gasteiger partial charge in [0.1, 0.15) is 11.3 Å². The number of carboxylic acids is 1. The smallest absolute Gasteiger partial charge is 0.339 e. The van der Waals surface area contributed by atoms with Crippen LogP contribution in [0, 0.1) is 0 Å². The van der Waals surface area contributed by atoms with Crippen molar-refractivity contribution in [3.8, 4) is 11.3 Å². The first kappa shape index (κ1) is 10.4. The Kier molecular flexibility index (Phi) is 2.72. The van der Waals surface area contributed by atoms with Crippen molar-refractivity contribution in [1.82, 2.24) is 10.2 Å². The molecule has 4 heteroatoms. The summed E-state index contributed by atoms with van der Waals surface area (Å²) >= 11 is 0. The van der Waals surface area contributed by atoms with E-state index in [1.807, 2.05) is 37.3 Å². The lowest BCUT2D eigenvalue weighted by atomic mass is 10.1. The van der Waals surface area contributed by atoms with Gasteiger partial charge >= 0.3 is 5.97 Å². The Balaban J connectivity index is 2.58. The SMILES string of the molecule is CCc1[nH]nc(-c2ccccc2)c1C(=O)O. The van der Waals surface area contributed by atoms with Crippen molar-refractivity contribution in [2.75, 3.05) is 0 Å². The molecule has 0 unspecified atom stereocenters. The van der Waals surface area contributed by atoms with Gasteiger partial charge in [-0.3, -0.25) is 5.10 Å². The van der Waals surface area contributed by atoms with Crippen LogP contribution in [0.25, 0.3) is 11.3 Å². The maximum atomic E-state index is 11.2. The number of nitrogens with zero attached hydrogens (tertiary/aromatic N) is 1. The van der Waals surface area contributed by atoms with Crippen LogP contribution in [0.1, 0.15) is 23.0 Å². The predicted octanol–water partition coefficient (Wildman–Crippen LogP) is 2.34. The summed E-state index contributed by atoms with van der Waals surface area (Å²) < 4.78 is 0. The molecule has 82 valence electrons. The number of rotatable bonds is 3. The summed E-state index contributed by atoms with van der Waals surface area (Å²) in [7, 11) is 0. The number of hydrogen-bond acceptors (Lipinski definition) is 2. The lowest BCUT2D eigenvalue weighted by Crippen LogP contribution is -2.01. The van der Waals surface area contributed by atoms with Crippen LogP contribution < -0.4 is 0 Å². The van der Waals surface area contributed by atoms with Crippen LogP contribution in [-0.2, 0) is 6.42 Å². The van der Waals surface area contributed by atoms with Crippen molar-refractivity contribution in [2.24, 2.45) is 0 Å². The van der Waals surface area contributed by atoms with Crippen LogP contribution in [0.5, 0.6) is 0 Å². The highest BCUT2D eigenvalue weighted by molar-refractivity contribution is 5.96. The molecule has 0 saturated carbocycles. The Bertz CT molecular complexity index is 503. The zero-order chi connectivity index (χ0) is 11.5. The number of carbonyl (C=O) groups is 1. The van der Waals surface area contributed by atoms with Crippen LogP contribution in [0.3, 0.4) is 0 Å². The molecule has 0 bridgehead atoms. The Hall–Kier alpha value is -2.10. The molecule has 16 heavy (non-hydrogen) atoms. The van der Waals surface area contributed by atoms with Gasteiger partial charge in [-0.05, 0) is 6.42 Å². The minimum Gasteiger partial charge on any atom is -0.478 e. The van der Waals surface area contributed by atoms with Gasteiger partial charge in [-0.1, -0.05) is 37.3 Å². The molecule has 0 radical (unpaired) electrons. The van der Waals surface area contributed by atoms with Gasteiger partial charge in [0.05, 0.1) is 5.69 Å². The highest BCUT2D eigenvalue weighted by Crippen LogP contribution is 2.23. The van der Waals surface area contributed by atoms with Crippen LogP contribution >= 0.6 is 0 Å². The van der Waals surface area contributed by atoms with Gasteiger partial charge in [-0.2, -0.15) is 5.10 Å². The molecule has 1 aromatic heterocycles. The molecule has 2 aromatic rings. The molecule has 0 fully saturated rings. The summed E-state index contributed by atoms with van der Waals surface area (Å²) in [4.78, 5) is 11.2. The van der Waals surface area contributed by atoms with Crippen molar-refractivity contribution >= 4 is 5.97 Å². The molecule has 0 aliphatic carbocycles. The molecule has 0 saturated heterocycles. The third kappa shape index (κ3) is 1.69. The monoisotopic (exact) mass is 216 g/mol. The molecule has 4 nitrogen and oxygen atoms in total. The summed E-state index contributed by atoms with van der Waals surface area (Å²) in [6, 6.07) is 9.31. The maximum absolute atomic E-state index is 11.2. The van der Waals surface area contributed by atoms with Crippen molar-refractivity contribution in [1.29, 1.82) is 0 Å². The van der Waals surface area contributed by atoms with Crippen LogP contribution in [0.15, 0.2) is 30.3 Å². The summed E-state index contributed by atoms with van der Waals surface area (Å²) in [5.74, 6) is -0.940. The van der Waals surface area contributed by atoms with Gasteiger partial charge in [0.2, 0.25) is 0 Å². The molecule has 0 spiro atoms. The van der Waals surface area contributed by atoms with E-state index in [1.54, 1.807) is 0 Å². The Morgan fingerprint density at radius 3 is 2.62 bits per heavy atom. The van der Waals surface area contributed by atoms with E-state index in [2.05, 4.69) is 10.2 Å². The van der Waals surface area contributed by atoms with Crippen LogP contribution in [0.2, 0.25) is 0 Å². The number of carboxylic acid groups (broad SMARTS) is 1. The van der Waals surface area contributed by atoms with E-state index in [0.29, 0.717) is 17.8 Å². The molecular weight excluding hydrogens is 204 g/mol. The first-order chi connectivity index (χ1) is 7.74. The number of hydrogen-bond donors (Lipinski definition) is 2. The summed E-state index contributed by atoms with van der Waals surface area (Å²) in [6.45, 7) is 1.90. The Labute approximate surface area is 92.9 Å². The van der Waals surface area contributed by atoms with E-state index in [9.17, 15) is 4.79 Å². The fourth-order valence-electron chi connectivity index (χ4n) is 1.67. The average molecular weight is 216 g/mol. The van der Waals surface area contributed by atoms with E-state index in [1.165, 1.54) is 0 Å². The number of nitrogens with one attached hydrogen (secondary N) is 1. The lowest BCUT2D eigenvalue weighted by Gasteiger charge is -1.99. The highest BCUT2D eigenvalue weighted by atomic mass is 16.4. The second-order valence-electron chi connectivity index (χ2n) is 3.45. The van der Waals surface area contributed by atoms with Crippen molar-refractivity contribution < 1.29 is 9.90 Å². The third-order valence-electron chi connectivity index (χ3n) is 2.46. The van der Waals surface area contributed by atoms with Crippen molar-refractivity contribution in [3.05, 3.63) is 41.6 Å². The van der Waals surface area contributed by atoms with E-state index in [4.69, 9.17) is 5.11 Å². The molecule has 0 aliphatic heterocycles. The molecular formula is C12H12N2O2. The minimum atomic E-state index is -0.940. The van der Waals surface area contributed by atoms with E-state index in [0.717, 1.165) is 5.56 Å². The molecule has 1 heterocycles. The number of aromatic nitrogens is 2. The van der Waals surface area contributed by atoms with E-state index < -0.39 is 5.97 Å². The predicted molar refractivity (Wildman–Crippen MR) is 60.4 cm³/mol. The number of aromatic amines is 1. The summed E-state index contributed by atoms with van der Waals surface area (Å²) in [5, 5.41) is 16.0. The van der Waals surface area contributed by atoms with Gasteiger partial charge in [-0.25, -0.2) is 4.79 Å². The van der Waals surface area contributed by atoms with Crippen molar-refractivity contribution in [2.45, 2.75) is 13.3 Å². The molecule has 2 N–H and O–H groups in total. The quantitative estimate of drug-likeness (QED) is 0.827. The maximum Gasteiger partial charge on any atom is 0.339 e. The topological polar surface area (TPSA) is 66.0 Å². The first-order valence-corrected chi connectivity index (χ1v) is 5.10. The molecule has 0 amide bonds. The minimum absolute atomic E-state index is 0.272. The normalized spacial score (nSPS) is 10.3. The summed E-state index contributed by atoms with van der Waals surface area (Å²) in [6.07, 6.45) is 0.626. The molecule has 0 aliphatic rings. The van der Waals surface area contributed by atoms with Gasteiger partial charge in [0.15, 0.2) is 0 Å². The standard InChI is InChI=1S/C12H12N2O2/c1-2-9-10(12(15)16)11(14-13-9)8-6-4-3-5-7-8/h3-7H,2H2,1H3,(H,13,14)(H,15,16). The highest BCUT2D eigenvalue weighted by Gasteiger charge is 2.19. The Morgan fingerprint density at radius 2 is 2.06 bits per heavy atom. The Morgan fingerprint density at radius 1 is 1.38 bits per heavy atom. The molecule has 0 atom stereocenters. The van der Waals surface area contributed by atoms with Gasteiger partial charge in [0.25, 0.3) is 0 Å².